The average molecular weight is 850 g/mol. The molecule has 0 spiro atoms. The summed E-state index contributed by atoms with van der Waals surface area (Å²) < 4.78 is 12.9. The molecule has 0 bridgehead atoms. The highest BCUT2D eigenvalue weighted by Crippen LogP contribution is 2.51. The third-order valence-electron chi connectivity index (χ3n) is 12.9. The molecule has 1 amide bonds. The van der Waals surface area contributed by atoms with Crippen molar-refractivity contribution in [2.75, 3.05) is 6.61 Å². The molecule has 5 rings (SSSR count). The maximum atomic E-state index is 15.2. The third-order valence-corrected chi connectivity index (χ3v) is 25.3. The second-order valence-electron chi connectivity index (χ2n) is 18.5. The summed E-state index contributed by atoms with van der Waals surface area (Å²) in [6.45, 7) is 21.5. The smallest absolute Gasteiger partial charge is 0.356 e. The molecule has 0 aromatic heterocycles. The van der Waals surface area contributed by atoms with Gasteiger partial charge in [-0.05, 0) is 83.6 Å². The predicted molar refractivity (Wildman–Crippen MR) is 251 cm³/mol. The molecule has 4 aromatic rings. The van der Waals surface area contributed by atoms with Crippen LogP contribution < -0.4 is 15.9 Å². The van der Waals surface area contributed by atoms with Gasteiger partial charge in [0.1, 0.15) is 12.0 Å². The fourth-order valence-corrected chi connectivity index (χ4v) is 14.2. The van der Waals surface area contributed by atoms with Crippen LogP contribution in [0.1, 0.15) is 70.3 Å². The van der Waals surface area contributed by atoms with Crippen LogP contribution in [0.2, 0.25) is 36.3 Å². The number of hydrogen-bond donors (Lipinski definition) is 1. The number of ketones is 1. The number of likely N-dealkylation sites (tertiary alicyclic amines) is 1. The van der Waals surface area contributed by atoms with Crippen LogP contribution in [-0.2, 0) is 25.2 Å². The summed E-state index contributed by atoms with van der Waals surface area (Å²) in [6.07, 6.45) is 2.47. The number of rotatable bonds is 17. The highest BCUT2D eigenvalue weighted by Gasteiger charge is 2.57. The summed E-state index contributed by atoms with van der Waals surface area (Å²) in [4.78, 5) is 57.6. The number of hydrogen-bond acceptors (Lipinski definition) is 6. The quantitative estimate of drug-likeness (QED) is 0.0285. The molecule has 1 aliphatic rings. The lowest BCUT2D eigenvalue weighted by Gasteiger charge is -2.53. The highest BCUT2D eigenvalue weighted by atomic mass is 31.2. The molecule has 3 atom stereocenters. The molecule has 4 aromatic carbocycles. The van der Waals surface area contributed by atoms with E-state index in [1.54, 1.807) is 4.90 Å². The molecule has 0 saturated carbocycles. The first-order valence-corrected chi connectivity index (χ1v) is 28.4. The molecule has 1 N–H and O–H groups in total. The molecule has 7 nitrogen and oxygen atoms in total. The van der Waals surface area contributed by atoms with Gasteiger partial charge in [0.2, 0.25) is 5.91 Å². The lowest BCUT2D eigenvalue weighted by molar-refractivity contribution is -0.156. The van der Waals surface area contributed by atoms with E-state index < -0.39 is 47.6 Å². The van der Waals surface area contributed by atoms with Crippen molar-refractivity contribution in [1.82, 2.24) is 4.90 Å². The van der Waals surface area contributed by atoms with E-state index in [9.17, 15) is 9.59 Å². The molecular weight excluding hydrogens is 786 g/mol. The van der Waals surface area contributed by atoms with Crippen LogP contribution in [-0.4, -0.2) is 68.2 Å². The third kappa shape index (κ3) is 9.61. The van der Waals surface area contributed by atoms with E-state index in [-0.39, 0.29) is 40.2 Å². The minimum absolute atomic E-state index is 0.0241. The van der Waals surface area contributed by atoms with Gasteiger partial charge in [0.25, 0.3) is 0 Å². The molecular formula is C49H64NO6PSi2. The predicted octanol–water partition coefficient (Wildman–Crippen LogP) is 9.26. The molecule has 0 radical (unpaired) electrons. The van der Waals surface area contributed by atoms with E-state index in [2.05, 4.69) is 54.3 Å². The largest absolute Gasteiger partial charge is 0.457 e. The van der Waals surface area contributed by atoms with Crippen molar-refractivity contribution < 1.29 is 28.3 Å². The monoisotopic (exact) mass is 849 g/mol. The lowest BCUT2D eigenvalue weighted by Crippen LogP contribution is -2.69. The normalized spacial score (nSPS) is 16.9. The summed E-state index contributed by atoms with van der Waals surface area (Å²) in [6, 6.07) is 36.7. The Labute approximate surface area is 355 Å². The number of nitrogens with zero attached hydrogens (tertiary/aromatic N) is 1. The van der Waals surface area contributed by atoms with Crippen LogP contribution in [0, 0.1) is 5.92 Å². The van der Waals surface area contributed by atoms with Crippen molar-refractivity contribution in [2.45, 2.75) is 109 Å². The zero-order chi connectivity index (χ0) is 43.4. The van der Waals surface area contributed by atoms with Crippen LogP contribution in [0.4, 0.5) is 0 Å². The van der Waals surface area contributed by atoms with E-state index in [4.69, 9.17) is 9.16 Å². The van der Waals surface area contributed by atoms with Gasteiger partial charge in [-0.15, -0.1) is 0 Å². The van der Waals surface area contributed by atoms with Crippen molar-refractivity contribution in [3.05, 3.63) is 139 Å². The van der Waals surface area contributed by atoms with Crippen molar-refractivity contribution in [3.8, 4) is 0 Å². The minimum atomic E-state index is -3.19. The maximum Gasteiger partial charge on any atom is 0.356 e. The molecule has 1 fully saturated rings. The Morgan fingerprint density at radius 1 is 0.831 bits per heavy atom. The standard InChI is InChI=1S/C49H64NO6PSi2/c1-12-33-55-47(53)46(57(39-25-16-13-17-26-39,40-27-18-14-19-28-40)41-29-20-15-21-30-41)50-42(44(45(50)52)36(2)56-59(10,11)48(3,4)5)35-43(51)38-24-22-23-37(34-38)31-32-49(6,7)58(8,9)54/h12-30,34,36,42,44,54H,1,31-33,35H2,2-11H3/t36-,42-,44-/m1/s1. The first-order valence-electron chi connectivity index (χ1n) is 20.7. The summed E-state index contributed by atoms with van der Waals surface area (Å²) in [5, 5.41) is 2.28. The molecule has 0 unspecified atom stereocenters. The number of aryl methyl sites for hydroxylation is 1. The van der Waals surface area contributed by atoms with Gasteiger partial charge in [-0.3, -0.25) is 9.59 Å². The summed E-state index contributed by atoms with van der Waals surface area (Å²) in [5.41, 5.74) is 1.79. The minimum Gasteiger partial charge on any atom is -0.457 e. The second-order valence-corrected chi connectivity index (χ2v) is 31.1. The van der Waals surface area contributed by atoms with Crippen LogP contribution in [0.3, 0.4) is 0 Å². The van der Waals surface area contributed by atoms with E-state index in [1.807, 2.05) is 135 Å². The molecule has 1 aliphatic heterocycles. The Morgan fingerprint density at radius 3 is 1.80 bits per heavy atom. The van der Waals surface area contributed by atoms with Gasteiger partial charge in [-0.1, -0.05) is 156 Å². The Morgan fingerprint density at radius 2 is 1.34 bits per heavy atom. The second kappa shape index (κ2) is 18.2. The molecule has 1 saturated heterocycles. The van der Waals surface area contributed by atoms with Crippen LogP contribution in [0.15, 0.2) is 128 Å². The van der Waals surface area contributed by atoms with E-state index >= 15 is 9.59 Å². The fourth-order valence-electron chi connectivity index (χ4n) is 7.61. The number of ether oxygens (including phenoxy) is 1. The maximum absolute atomic E-state index is 15.2. The molecule has 10 heteroatoms. The van der Waals surface area contributed by atoms with Gasteiger partial charge in [-0.2, -0.15) is 0 Å². The number of β-lactam (4-membered cyclic amide) rings is 1. The Bertz CT molecular complexity index is 2070. The SMILES string of the molecule is C=CCOC(=O)C(N1C(=O)[C@H]([C@@H](C)O[Si](C)(C)C(C)(C)C)[C@H]1CC(=O)c1cccc(CCC(C)(C)[Si](C)(C)O)c1)=P(c1ccccc1)(c1ccccc1)c1ccccc1. The van der Waals surface area contributed by atoms with Gasteiger partial charge in [-0.25, -0.2) is 4.79 Å². The van der Waals surface area contributed by atoms with Crippen LogP contribution in [0.5, 0.6) is 0 Å². The summed E-state index contributed by atoms with van der Waals surface area (Å²) in [7, 11) is -4.81. The van der Waals surface area contributed by atoms with Gasteiger partial charge >= 0.3 is 5.97 Å². The molecule has 0 aliphatic carbocycles. The van der Waals surface area contributed by atoms with Crippen LogP contribution in [0.25, 0.3) is 0 Å². The van der Waals surface area contributed by atoms with Crippen LogP contribution >= 0.6 is 6.89 Å². The lowest BCUT2D eigenvalue weighted by atomic mass is 9.79. The summed E-state index contributed by atoms with van der Waals surface area (Å²) in [5.74, 6) is -1.72. The Balaban J connectivity index is 1.75. The average Bonchev–Trinajstić information content (AvgIpc) is 3.19. The highest BCUT2D eigenvalue weighted by molar-refractivity contribution is 7.96. The van der Waals surface area contributed by atoms with Crippen molar-refractivity contribution in [1.29, 1.82) is 0 Å². The zero-order valence-electron chi connectivity index (χ0n) is 36.7. The van der Waals surface area contributed by atoms with Gasteiger partial charge < -0.3 is 18.9 Å². The molecule has 1 heterocycles. The topological polar surface area (TPSA) is 93.1 Å². The number of benzene rings is 4. The number of carbonyl (C=O) groups excluding carboxylic acids is 3. The van der Waals surface area contributed by atoms with E-state index in [0.717, 1.165) is 27.9 Å². The number of carbonyl (C=O) groups is 3. The fraction of sp³-hybridized carbons (Fsp3) is 0.388. The van der Waals surface area contributed by atoms with Crippen molar-refractivity contribution in [2.24, 2.45) is 5.92 Å². The van der Waals surface area contributed by atoms with E-state index in [1.165, 1.54) is 6.08 Å². The van der Waals surface area contributed by atoms with Crippen molar-refractivity contribution in [3.63, 3.8) is 0 Å². The van der Waals surface area contributed by atoms with E-state index in [0.29, 0.717) is 12.0 Å². The molecule has 59 heavy (non-hydrogen) atoms. The summed E-state index contributed by atoms with van der Waals surface area (Å²) >= 11 is 0. The zero-order valence-corrected chi connectivity index (χ0v) is 39.6. The first-order chi connectivity index (χ1) is 27.7. The van der Waals surface area contributed by atoms with Gasteiger partial charge in [0, 0.05) is 18.9 Å². The van der Waals surface area contributed by atoms with Gasteiger partial charge in [0.05, 0.1) is 18.1 Å². The number of esters is 1. The number of amides is 1. The Hall–Kier alpha value is -4.12. The Kier molecular flexibility index (Phi) is 14.2. The molecule has 314 valence electrons. The first kappa shape index (κ1) is 46.0. The number of Topliss-reactive ketones (excluding diaryl/α,β-unsaturated/α-hetero) is 1. The van der Waals surface area contributed by atoms with Gasteiger partial charge in [0.15, 0.2) is 22.4 Å². The van der Waals surface area contributed by atoms with Crippen molar-refractivity contribution >= 4 is 62.5 Å².